The molecule has 0 atom stereocenters. The van der Waals surface area contributed by atoms with E-state index in [4.69, 9.17) is 11.6 Å². The minimum atomic E-state index is -4.62. The van der Waals surface area contributed by atoms with Crippen molar-refractivity contribution in [2.75, 3.05) is 6.54 Å². The molecular formula is C27H45ClF3N3O. The summed E-state index contributed by atoms with van der Waals surface area (Å²) in [5.41, 5.74) is -0.747. The molecular weight excluding hydrogens is 475 g/mol. The van der Waals surface area contributed by atoms with Crippen LogP contribution in [0.25, 0.3) is 0 Å². The van der Waals surface area contributed by atoms with Crippen molar-refractivity contribution in [2.24, 2.45) is 0 Å². The molecule has 1 aliphatic carbocycles. The van der Waals surface area contributed by atoms with Gasteiger partial charge in [-0.25, -0.2) is 0 Å². The largest absolute Gasteiger partial charge is 0.436 e. The summed E-state index contributed by atoms with van der Waals surface area (Å²) in [6, 6.07) is 0. The number of rotatable bonds is 20. The lowest BCUT2D eigenvalue weighted by molar-refractivity contribution is -0.141. The number of unbranched alkanes of at least 4 members (excludes halogenated alkanes) is 15. The van der Waals surface area contributed by atoms with Crippen LogP contribution in [0.4, 0.5) is 13.2 Å². The topological polar surface area (TPSA) is 46.9 Å². The van der Waals surface area contributed by atoms with E-state index in [1.165, 1.54) is 83.5 Å². The molecule has 0 saturated heterocycles. The summed E-state index contributed by atoms with van der Waals surface area (Å²) in [4.78, 5) is 12.2. The van der Waals surface area contributed by atoms with E-state index in [-0.39, 0.29) is 23.4 Å². The molecule has 0 unspecified atom stereocenters. The van der Waals surface area contributed by atoms with E-state index >= 15 is 0 Å². The Kier molecular flexibility index (Phi) is 14.1. The lowest BCUT2D eigenvalue weighted by atomic mass is 10.0. The SMILES string of the molecule is CCCCCCCCCCCCCCCCCCNC(=O)Cn1nc(C(F)(F)F)c(Cl)c1C1CC1. The fourth-order valence-corrected chi connectivity index (χ4v) is 4.99. The van der Waals surface area contributed by atoms with Gasteiger partial charge in [-0.05, 0) is 19.3 Å². The highest BCUT2D eigenvalue weighted by Gasteiger charge is 2.42. The van der Waals surface area contributed by atoms with Gasteiger partial charge in [-0.1, -0.05) is 115 Å². The van der Waals surface area contributed by atoms with Crippen molar-refractivity contribution in [1.82, 2.24) is 15.1 Å². The van der Waals surface area contributed by atoms with Gasteiger partial charge >= 0.3 is 6.18 Å². The van der Waals surface area contributed by atoms with Crippen molar-refractivity contribution in [1.29, 1.82) is 0 Å². The third kappa shape index (κ3) is 12.0. The normalized spacial score (nSPS) is 14.0. The maximum Gasteiger partial charge on any atom is 0.436 e. The number of nitrogens with one attached hydrogen (secondary N) is 1. The Hall–Kier alpha value is -1.24. The first-order valence-electron chi connectivity index (χ1n) is 13.9. The Morgan fingerprint density at radius 3 is 1.77 bits per heavy atom. The molecule has 0 aliphatic heterocycles. The smallest absolute Gasteiger partial charge is 0.354 e. The van der Waals surface area contributed by atoms with E-state index in [1.807, 2.05) is 0 Å². The highest BCUT2D eigenvalue weighted by molar-refractivity contribution is 6.32. The number of amides is 1. The molecule has 0 bridgehead atoms. The lowest BCUT2D eigenvalue weighted by Gasteiger charge is -2.08. The molecule has 1 saturated carbocycles. The number of carbonyl (C=O) groups is 1. The Labute approximate surface area is 214 Å². The minimum Gasteiger partial charge on any atom is -0.354 e. The number of hydrogen-bond acceptors (Lipinski definition) is 2. The molecule has 0 spiro atoms. The average molecular weight is 520 g/mol. The molecule has 35 heavy (non-hydrogen) atoms. The van der Waals surface area contributed by atoms with Crippen LogP contribution in [0.1, 0.15) is 140 Å². The number of aromatic nitrogens is 2. The van der Waals surface area contributed by atoms with Crippen LogP contribution in [-0.4, -0.2) is 22.2 Å². The molecule has 4 nitrogen and oxygen atoms in total. The zero-order chi connectivity index (χ0) is 25.5. The Balaban J connectivity index is 1.45. The molecule has 202 valence electrons. The fourth-order valence-electron chi connectivity index (χ4n) is 4.59. The third-order valence-corrected chi connectivity index (χ3v) is 7.18. The van der Waals surface area contributed by atoms with E-state index in [0.29, 0.717) is 12.2 Å². The van der Waals surface area contributed by atoms with E-state index in [9.17, 15) is 18.0 Å². The van der Waals surface area contributed by atoms with Gasteiger partial charge in [0.1, 0.15) is 6.54 Å². The third-order valence-electron chi connectivity index (χ3n) is 6.81. The van der Waals surface area contributed by atoms with Crippen molar-refractivity contribution >= 4 is 17.5 Å². The molecule has 1 N–H and O–H groups in total. The van der Waals surface area contributed by atoms with Crippen molar-refractivity contribution in [3.63, 3.8) is 0 Å². The zero-order valence-corrected chi connectivity index (χ0v) is 22.3. The number of halogens is 4. The fraction of sp³-hybridized carbons (Fsp3) is 0.852. The van der Waals surface area contributed by atoms with Crippen LogP contribution >= 0.6 is 11.6 Å². The number of carbonyl (C=O) groups excluding carboxylic acids is 1. The van der Waals surface area contributed by atoms with Gasteiger partial charge in [0.05, 0.1) is 10.7 Å². The van der Waals surface area contributed by atoms with E-state index < -0.39 is 11.9 Å². The number of nitrogens with zero attached hydrogens (tertiary/aromatic N) is 2. The first kappa shape index (κ1) is 30.0. The monoisotopic (exact) mass is 519 g/mol. The molecule has 1 heterocycles. The van der Waals surface area contributed by atoms with E-state index in [1.54, 1.807) is 0 Å². The maximum absolute atomic E-state index is 13.1. The summed E-state index contributed by atoms with van der Waals surface area (Å²) in [7, 11) is 0. The van der Waals surface area contributed by atoms with Gasteiger partial charge in [0.25, 0.3) is 0 Å². The summed E-state index contributed by atoms with van der Waals surface area (Å²) >= 11 is 5.95. The van der Waals surface area contributed by atoms with Crippen LogP contribution < -0.4 is 5.32 Å². The summed E-state index contributed by atoms with van der Waals surface area (Å²) in [5.74, 6) is -0.347. The highest BCUT2D eigenvalue weighted by Crippen LogP contribution is 2.46. The van der Waals surface area contributed by atoms with Crippen LogP contribution in [0, 0.1) is 0 Å². The van der Waals surface area contributed by atoms with Crippen LogP contribution in [0.3, 0.4) is 0 Å². The van der Waals surface area contributed by atoms with Gasteiger partial charge < -0.3 is 5.32 Å². The van der Waals surface area contributed by atoms with Gasteiger partial charge in [0, 0.05) is 12.5 Å². The van der Waals surface area contributed by atoms with Gasteiger partial charge in [0.15, 0.2) is 5.69 Å². The van der Waals surface area contributed by atoms with Gasteiger partial charge in [-0.2, -0.15) is 18.3 Å². The molecule has 0 aromatic carbocycles. The van der Waals surface area contributed by atoms with Crippen LogP contribution in [-0.2, 0) is 17.5 Å². The molecule has 1 fully saturated rings. The average Bonchev–Trinajstić information content (AvgIpc) is 3.58. The minimum absolute atomic E-state index is 0.0285. The summed E-state index contributed by atoms with van der Waals surface area (Å²) in [5, 5.41) is 6.06. The predicted octanol–water partition coefficient (Wildman–Crippen LogP) is 8.81. The lowest BCUT2D eigenvalue weighted by Crippen LogP contribution is -2.29. The molecule has 1 amide bonds. The molecule has 1 aromatic heterocycles. The summed E-state index contributed by atoms with van der Waals surface area (Å²) in [6.07, 6.45) is 17.6. The van der Waals surface area contributed by atoms with Crippen molar-refractivity contribution in [3.05, 3.63) is 16.4 Å². The highest BCUT2D eigenvalue weighted by atomic mass is 35.5. The van der Waals surface area contributed by atoms with Crippen molar-refractivity contribution in [2.45, 2.75) is 141 Å². The summed E-state index contributed by atoms with van der Waals surface area (Å²) < 4.78 is 40.5. The molecule has 2 rings (SSSR count). The van der Waals surface area contributed by atoms with Crippen LogP contribution in [0.15, 0.2) is 0 Å². The van der Waals surface area contributed by atoms with E-state index in [2.05, 4.69) is 17.3 Å². The van der Waals surface area contributed by atoms with Gasteiger partial charge in [0.2, 0.25) is 5.91 Å². The van der Waals surface area contributed by atoms with E-state index in [0.717, 1.165) is 36.8 Å². The van der Waals surface area contributed by atoms with Crippen molar-refractivity contribution in [3.8, 4) is 0 Å². The maximum atomic E-state index is 13.1. The van der Waals surface area contributed by atoms with Gasteiger partial charge in [-0.15, -0.1) is 0 Å². The number of hydrogen-bond donors (Lipinski definition) is 1. The van der Waals surface area contributed by atoms with Crippen LogP contribution in [0.2, 0.25) is 5.02 Å². The Bertz CT molecular complexity index is 732. The second-order valence-electron chi connectivity index (χ2n) is 10.1. The second-order valence-corrected chi connectivity index (χ2v) is 10.5. The standard InChI is InChI=1S/C27H45ClF3N3O/c1-2-3-4-5-6-7-8-9-10-11-12-13-14-15-16-17-20-32-23(35)21-34-25(22-18-19-22)24(28)26(33-34)27(29,30)31/h22H,2-21H2,1H3,(H,32,35). The molecule has 1 aromatic rings. The molecule has 1 aliphatic rings. The Morgan fingerprint density at radius 1 is 0.886 bits per heavy atom. The molecule has 0 radical (unpaired) electrons. The predicted molar refractivity (Wildman–Crippen MR) is 137 cm³/mol. The van der Waals surface area contributed by atoms with Crippen LogP contribution in [0.5, 0.6) is 0 Å². The second kappa shape index (κ2) is 16.5. The summed E-state index contributed by atoms with van der Waals surface area (Å²) in [6.45, 7) is 2.58. The Morgan fingerprint density at radius 2 is 1.34 bits per heavy atom. The van der Waals surface area contributed by atoms with Gasteiger partial charge in [-0.3, -0.25) is 9.48 Å². The zero-order valence-electron chi connectivity index (χ0n) is 21.5. The number of alkyl halides is 3. The first-order valence-corrected chi connectivity index (χ1v) is 14.3. The van der Waals surface area contributed by atoms with Crippen molar-refractivity contribution < 1.29 is 18.0 Å². The first-order chi connectivity index (χ1) is 16.8. The molecule has 8 heteroatoms. The quantitative estimate of drug-likeness (QED) is 0.175.